The van der Waals surface area contributed by atoms with Crippen LogP contribution in [0.4, 0.5) is 0 Å². The molecule has 0 fully saturated rings. The molecule has 0 aliphatic carbocycles. The molecule has 0 aromatic heterocycles. The molecule has 3 aromatic rings. The maximum absolute atomic E-state index is 12.2. The van der Waals surface area contributed by atoms with Gasteiger partial charge in [0.1, 0.15) is 18.1 Å². The molecular formula is C24H24N2O3. The van der Waals surface area contributed by atoms with Crippen LogP contribution in [0.1, 0.15) is 34.0 Å². The number of rotatable bonds is 8. The standard InChI is InChI=1S/C24H24N2O3/c1-3-28-22-14-12-20(13-15-22)24(27)26-25-16-21-6-4-5-7-23(21)29-17-19-10-8-18(2)9-11-19/h4-16H,3,17H2,1-2H3,(H,26,27)/b25-16-. The molecule has 29 heavy (non-hydrogen) atoms. The zero-order valence-electron chi connectivity index (χ0n) is 16.6. The minimum absolute atomic E-state index is 0.289. The van der Waals surface area contributed by atoms with Crippen molar-refractivity contribution in [3.05, 3.63) is 95.1 Å². The molecule has 1 amide bonds. The highest BCUT2D eigenvalue weighted by Crippen LogP contribution is 2.18. The van der Waals surface area contributed by atoms with Crippen molar-refractivity contribution in [2.24, 2.45) is 5.10 Å². The van der Waals surface area contributed by atoms with E-state index in [1.807, 2.05) is 43.3 Å². The van der Waals surface area contributed by atoms with Gasteiger partial charge in [-0.2, -0.15) is 5.10 Å². The van der Waals surface area contributed by atoms with Crippen molar-refractivity contribution in [2.75, 3.05) is 6.61 Å². The summed E-state index contributed by atoms with van der Waals surface area (Å²) in [6.07, 6.45) is 1.58. The van der Waals surface area contributed by atoms with Crippen molar-refractivity contribution in [1.29, 1.82) is 0 Å². The Hall–Kier alpha value is -3.60. The maximum atomic E-state index is 12.2. The van der Waals surface area contributed by atoms with Crippen LogP contribution in [-0.4, -0.2) is 18.7 Å². The minimum atomic E-state index is -0.289. The quantitative estimate of drug-likeness (QED) is 0.448. The van der Waals surface area contributed by atoms with Crippen molar-refractivity contribution in [1.82, 2.24) is 5.43 Å². The number of amides is 1. The van der Waals surface area contributed by atoms with E-state index >= 15 is 0 Å². The normalized spacial score (nSPS) is 10.7. The van der Waals surface area contributed by atoms with E-state index in [9.17, 15) is 4.79 Å². The molecule has 3 rings (SSSR count). The topological polar surface area (TPSA) is 59.9 Å². The fourth-order valence-corrected chi connectivity index (χ4v) is 2.66. The van der Waals surface area contributed by atoms with Gasteiger partial charge in [-0.3, -0.25) is 4.79 Å². The van der Waals surface area contributed by atoms with E-state index in [4.69, 9.17) is 9.47 Å². The summed E-state index contributed by atoms with van der Waals surface area (Å²) in [6.45, 7) is 5.01. The van der Waals surface area contributed by atoms with Crippen LogP contribution >= 0.6 is 0 Å². The Kier molecular flexibility index (Phi) is 7.00. The average Bonchev–Trinajstić information content (AvgIpc) is 2.75. The van der Waals surface area contributed by atoms with Gasteiger partial charge in [0.05, 0.1) is 12.8 Å². The van der Waals surface area contributed by atoms with Crippen LogP contribution in [-0.2, 0) is 6.61 Å². The first-order valence-electron chi connectivity index (χ1n) is 9.49. The molecule has 5 heteroatoms. The molecule has 3 aromatic carbocycles. The zero-order chi connectivity index (χ0) is 20.5. The molecule has 0 radical (unpaired) electrons. The number of aryl methyl sites for hydroxylation is 1. The number of para-hydroxylation sites is 1. The SMILES string of the molecule is CCOc1ccc(C(=O)N/N=C\c2ccccc2OCc2ccc(C)cc2)cc1. The second kappa shape index (κ2) is 10.1. The summed E-state index contributed by atoms with van der Waals surface area (Å²) in [5, 5.41) is 4.07. The van der Waals surface area contributed by atoms with Gasteiger partial charge in [-0.1, -0.05) is 42.0 Å². The van der Waals surface area contributed by atoms with Crippen molar-refractivity contribution < 1.29 is 14.3 Å². The smallest absolute Gasteiger partial charge is 0.271 e. The van der Waals surface area contributed by atoms with Gasteiger partial charge in [0.2, 0.25) is 0 Å². The lowest BCUT2D eigenvalue weighted by Crippen LogP contribution is -2.17. The van der Waals surface area contributed by atoms with Crippen molar-refractivity contribution >= 4 is 12.1 Å². The minimum Gasteiger partial charge on any atom is -0.494 e. The second-order valence-electron chi connectivity index (χ2n) is 6.47. The first kappa shape index (κ1) is 20.1. The summed E-state index contributed by atoms with van der Waals surface area (Å²) in [5.41, 5.74) is 6.13. The summed E-state index contributed by atoms with van der Waals surface area (Å²) in [6, 6.07) is 22.7. The molecule has 0 spiro atoms. The van der Waals surface area contributed by atoms with Gasteiger partial charge in [0.15, 0.2) is 0 Å². The van der Waals surface area contributed by atoms with Crippen LogP contribution in [0.25, 0.3) is 0 Å². The van der Waals surface area contributed by atoms with E-state index in [0.29, 0.717) is 24.5 Å². The molecule has 0 heterocycles. The molecule has 5 nitrogen and oxygen atoms in total. The highest BCUT2D eigenvalue weighted by atomic mass is 16.5. The largest absolute Gasteiger partial charge is 0.494 e. The summed E-state index contributed by atoms with van der Waals surface area (Å²) in [4.78, 5) is 12.2. The molecule has 0 saturated carbocycles. The number of nitrogens with one attached hydrogen (secondary N) is 1. The number of carbonyl (C=O) groups excluding carboxylic acids is 1. The number of benzene rings is 3. The molecular weight excluding hydrogens is 364 g/mol. The third kappa shape index (κ3) is 5.94. The van der Waals surface area contributed by atoms with Gasteiger partial charge in [-0.25, -0.2) is 5.43 Å². The predicted molar refractivity (Wildman–Crippen MR) is 115 cm³/mol. The van der Waals surface area contributed by atoms with Crippen molar-refractivity contribution in [3.63, 3.8) is 0 Å². The summed E-state index contributed by atoms with van der Waals surface area (Å²) < 4.78 is 11.3. The van der Waals surface area contributed by atoms with Gasteiger partial charge in [-0.05, 0) is 55.8 Å². The second-order valence-corrected chi connectivity index (χ2v) is 6.47. The fourth-order valence-electron chi connectivity index (χ4n) is 2.66. The summed E-state index contributed by atoms with van der Waals surface area (Å²) >= 11 is 0. The molecule has 0 aliphatic rings. The van der Waals surface area contributed by atoms with E-state index < -0.39 is 0 Å². The Bertz CT molecular complexity index is 964. The zero-order valence-corrected chi connectivity index (χ0v) is 16.6. The van der Waals surface area contributed by atoms with Crippen LogP contribution < -0.4 is 14.9 Å². The lowest BCUT2D eigenvalue weighted by molar-refractivity contribution is 0.0955. The first-order chi connectivity index (χ1) is 14.2. The highest BCUT2D eigenvalue weighted by Gasteiger charge is 2.05. The Morgan fingerprint density at radius 1 is 0.966 bits per heavy atom. The number of carbonyl (C=O) groups is 1. The predicted octanol–water partition coefficient (Wildman–Crippen LogP) is 4.74. The monoisotopic (exact) mass is 388 g/mol. The Morgan fingerprint density at radius 2 is 1.69 bits per heavy atom. The van der Waals surface area contributed by atoms with Gasteiger partial charge >= 0.3 is 0 Å². The molecule has 0 unspecified atom stereocenters. The maximum Gasteiger partial charge on any atom is 0.271 e. The van der Waals surface area contributed by atoms with E-state index in [0.717, 1.165) is 16.9 Å². The molecule has 0 aliphatic heterocycles. The molecule has 0 bridgehead atoms. The number of hydrogen-bond donors (Lipinski definition) is 1. The Morgan fingerprint density at radius 3 is 2.41 bits per heavy atom. The molecule has 0 atom stereocenters. The van der Waals surface area contributed by atoms with E-state index in [-0.39, 0.29) is 5.91 Å². The Balaban J connectivity index is 1.60. The first-order valence-corrected chi connectivity index (χ1v) is 9.49. The highest BCUT2D eigenvalue weighted by molar-refractivity contribution is 5.95. The van der Waals surface area contributed by atoms with Crippen LogP contribution in [0.3, 0.4) is 0 Å². The van der Waals surface area contributed by atoms with Gasteiger partial charge < -0.3 is 9.47 Å². The van der Waals surface area contributed by atoms with E-state index in [1.165, 1.54) is 5.56 Å². The third-order valence-electron chi connectivity index (χ3n) is 4.23. The van der Waals surface area contributed by atoms with Crippen LogP contribution in [0.5, 0.6) is 11.5 Å². The molecule has 0 saturated heterocycles. The van der Waals surface area contributed by atoms with Crippen LogP contribution in [0.2, 0.25) is 0 Å². The Labute approximate surface area is 171 Å². The van der Waals surface area contributed by atoms with E-state index in [2.05, 4.69) is 29.6 Å². The van der Waals surface area contributed by atoms with Gasteiger partial charge in [0.25, 0.3) is 5.91 Å². The number of nitrogens with zero attached hydrogens (tertiary/aromatic N) is 1. The van der Waals surface area contributed by atoms with Gasteiger partial charge in [0, 0.05) is 11.1 Å². The molecule has 148 valence electrons. The fraction of sp³-hybridized carbons (Fsp3) is 0.167. The number of hydrazone groups is 1. The van der Waals surface area contributed by atoms with Gasteiger partial charge in [-0.15, -0.1) is 0 Å². The average molecular weight is 388 g/mol. The third-order valence-corrected chi connectivity index (χ3v) is 4.23. The van der Waals surface area contributed by atoms with E-state index in [1.54, 1.807) is 30.5 Å². The van der Waals surface area contributed by atoms with Crippen molar-refractivity contribution in [2.45, 2.75) is 20.5 Å². The lowest BCUT2D eigenvalue weighted by Gasteiger charge is -2.09. The lowest BCUT2D eigenvalue weighted by atomic mass is 10.1. The summed E-state index contributed by atoms with van der Waals surface area (Å²) in [5.74, 6) is 1.14. The molecule has 1 N–H and O–H groups in total. The number of hydrogen-bond acceptors (Lipinski definition) is 4. The van der Waals surface area contributed by atoms with Crippen LogP contribution in [0, 0.1) is 6.92 Å². The number of ether oxygens (including phenoxy) is 2. The summed E-state index contributed by atoms with van der Waals surface area (Å²) in [7, 11) is 0. The van der Waals surface area contributed by atoms with Crippen molar-refractivity contribution in [3.8, 4) is 11.5 Å². The van der Waals surface area contributed by atoms with Crippen LogP contribution in [0.15, 0.2) is 77.9 Å².